The quantitative estimate of drug-likeness (QED) is 0.267. The predicted octanol–water partition coefficient (Wildman–Crippen LogP) is 7.80. The summed E-state index contributed by atoms with van der Waals surface area (Å²) in [6, 6.07) is 44.3. The fourth-order valence-corrected chi connectivity index (χ4v) is 8.83. The van der Waals surface area contributed by atoms with Crippen LogP contribution in [-0.4, -0.2) is 0 Å². The second-order valence-corrected chi connectivity index (χ2v) is 11.9. The van der Waals surface area contributed by atoms with Gasteiger partial charge in [0.1, 0.15) is 0 Å². The van der Waals surface area contributed by atoms with Gasteiger partial charge in [-0.1, -0.05) is 121 Å². The van der Waals surface area contributed by atoms with Crippen LogP contribution in [0, 0.1) is 0 Å². The molecule has 0 unspecified atom stereocenters. The first-order chi connectivity index (χ1) is 14.3. The van der Waals surface area contributed by atoms with Gasteiger partial charge in [0.2, 0.25) is 0 Å². The fourth-order valence-electron chi connectivity index (χ4n) is 4.22. The SMILES string of the molecule is c1ccc(C[P+](Cc2ccccc2)(Cc2ccccc2)Cc2ccccc2)cc1. The van der Waals surface area contributed by atoms with Crippen molar-refractivity contribution in [1.29, 1.82) is 0 Å². The largest absolute Gasteiger partial charge is 0.0852 e. The van der Waals surface area contributed by atoms with E-state index in [0.29, 0.717) is 0 Å². The molecule has 144 valence electrons. The average molecular weight is 396 g/mol. The van der Waals surface area contributed by atoms with Gasteiger partial charge in [-0.3, -0.25) is 0 Å². The summed E-state index contributed by atoms with van der Waals surface area (Å²) in [4.78, 5) is 0. The molecule has 0 aromatic heterocycles. The second kappa shape index (κ2) is 9.68. The van der Waals surface area contributed by atoms with Crippen LogP contribution in [0.1, 0.15) is 22.3 Å². The molecule has 29 heavy (non-hydrogen) atoms. The molecule has 0 amide bonds. The van der Waals surface area contributed by atoms with Gasteiger partial charge in [0, 0.05) is 7.26 Å². The topological polar surface area (TPSA) is 0 Å². The maximum atomic E-state index is 2.30. The molecular weight excluding hydrogens is 367 g/mol. The smallest absolute Gasteiger partial charge is 0.0622 e. The Hall–Kier alpha value is -2.69. The normalized spacial score (nSPS) is 11.3. The lowest BCUT2D eigenvalue weighted by atomic mass is 10.2. The molecule has 0 nitrogen and oxygen atoms in total. The summed E-state index contributed by atoms with van der Waals surface area (Å²) in [5.41, 5.74) is 5.85. The molecule has 0 aliphatic heterocycles. The minimum Gasteiger partial charge on any atom is -0.0622 e. The summed E-state index contributed by atoms with van der Waals surface area (Å²) in [7, 11) is -1.38. The molecule has 4 aromatic carbocycles. The van der Waals surface area contributed by atoms with Crippen molar-refractivity contribution in [3.05, 3.63) is 144 Å². The monoisotopic (exact) mass is 395 g/mol. The van der Waals surface area contributed by atoms with Gasteiger partial charge in [0.25, 0.3) is 0 Å². The Morgan fingerprint density at radius 2 is 0.517 bits per heavy atom. The first kappa shape index (κ1) is 19.6. The lowest BCUT2D eigenvalue weighted by Crippen LogP contribution is -2.08. The first-order valence-corrected chi connectivity index (χ1v) is 12.9. The van der Waals surface area contributed by atoms with Gasteiger partial charge in [-0.05, 0) is 22.3 Å². The van der Waals surface area contributed by atoms with Crippen molar-refractivity contribution in [2.45, 2.75) is 24.6 Å². The van der Waals surface area contributed by atoms with E-state index in [1.165, 1.54) is 46.9 Å². The van der Waals surface area contributed by atoms with Crippen molar-refractivity contribution >= 4 is 7.26 Å². The van der Waals surface area contributed by atoms with Crippen LogP contribution < -0.4 is 0 Å². The summed E-state index contributed by atoms with van der Waals surface area (Å²) in [5.74, 6) is 0. The highest BCUT2D eigenvalue weighted by atomic mass is 31.2. The van der Waals surface area contributed by atoms with Crippen molar-refractivity contribution in [1.82, 2.24) is 0 Å². The molecule has 0 heterocycles. The molecule has 0 N–H and O–H groups in total. The van der Waals surface area contributed by atoms with E-state index in [9.17, 15) is 0 Å². The minimum atomic E-state index is -1.38. The average Bonchev–Trinajstić information content (AvgIpc) is 2.76. The summed E-state index contributed by atoms with van der Waals surface area (Å²) >= 11 is 0. The molecule has 0 aliphatic carbocycles. The zero-order valence-electron chi connectivity index (χ0n) is 16.8. The maximum absolute atomic E-state index is 2.30. The van der Waals surface area contributed by atoms with Crippen molar-refractivity contribution in [2.75, 3.05) is 0 Å². The predicted molar refractivity (Wildman–Crippen MR) is 128 cm³/mol. The third-order valence-corrected chi connectivity index (χ3v) is 9.59. The second-order valence-electron chi connectivity index (χ2n) is 7.92. The van der Waals surface area contributed by atoms with Gasteiger partial charge < -0.3 is 0 Å². The van der Waals surface area contributed by atoms with Crippen molar-refractivity contribution in [3.63, 3.8) is 0 Å². The highest BCUT2D eigenvalue weighted by molar-refractivity contribution is 7.72. The summed E-state index contributed by atoms with van der Waals surface area (Å²) in [6.45, 7) is 0. The molecule has 0 saturated heterocycles. The van der Waals surface area contributed by atoms with E-state index in [1.54, 1.807) is 0 Å². The third-order valence-electron chi connectivity index (χ3n) is 5.44. The van der Waals surface area contributed by atoms with E-state index in [0.717, 1.165) is 0 Å². The van der Waals surface area contributed by atoms with E-state index in [-0.39, 0.29) is 0 Å². The van der Waals surface area contributed by atoms with Crippen LogP contribution in [0.25, 0.3) is 0 Å². The van der Waals surface area contributed by atoms with Crippen LogP contribution >= 0.6 is 7.26 Å². The molecule has 4 aromatic rings. The molecule has 0 saturated carbocycles. The highest BCUT2D eigenvalue weighted by Crippen LogP contribution is 2.68. The van der Waals surface area contributed by atoms with Gasteiger partial charge in [-0.2, -0.15) is 0 Å². The molecule has 0 radical (unpaired) electrons. The third kappa shape index (κ3) is 5.66. The van der Waals surface area contributed by atoms with E-state index in [2.05, 4.69) is 121 Å². The Balaban J connectivity index is 1.75. The van der Waals surface area contributed by atoms with Crippen LogP contribution in [-0.2, 0) is 24.6 Å². The fraction of sp³-hybridized carbons (Fsp3) is 0.143. The van der Waals surface area contributed by atoms with Crippen molar-refractivity contribution < 1.29 is 0 Å². The van der Waals surface area contributed by atoms with Gasteiger partial charge in [0.05, 0.1) is 24.6 Å². The molecule has 0 bridgehead atoms. The van der Waals surface area contributed by atoms with E-state index in [4.69, 9.17) is 0 Å². The Bertz CT molecular complexity index is 808. The molecule has 1 heteroatoms. The lowest BCUT2D eigenvalue weighted by molar-refractivity contribution is 1.17. The number of hydrogen-bond acceptors (Lipinski definition) is 0. The first-order valence-electron chi connectivity index (χ1n) is 10.3. The Morgan fingerprint density at radius 3 is 0.724 bits per heavy atom. The number of hydrogen-bond donors (Lipinski definition) is 0. The van der Waals surface area contributed by atoms with Gasteiger partial charge in [-0.15, -0.1) is 0 Å². The summed E-state index contributed by atoms with van der Waals surface area (Å²) in [5, 5.41) is 0. The standard InChI is InChI=1S/C28H28P/c1-5-13-25(14-6-1)21-29(22-26-15-7-2-8-16-26,23-27-17-9-3-10-18-27)24-28-19-11-4-12-20-28/h1-20H,21-24H2/q+1. The Labute approximate surface area is 175 Å². The molecule has 0 fully saturated rings. The minimum absolute atomic E-state index is 1.17. The molecule has 0 spiro atoms. The van der Waals surface area contributed by atoms with Gasteiger partial charge in [-0.25, -0.2) is 0 Å². The molecular formula is C28H28P+. The van der Waals surface area contributed by atoms with Crippen LogP contribution in [0.15, 0.2) is 121 Å². The van der Waals surface area contributed by atoms with Gasteiger partial charge in [0.15, 0.2) is 0 Å². The van der Waals surface area contributed by atoms with E-state index < -0.39 is 7.26 Å². The lowest BCUT2D eigenvalue weighted by Gasteiger charge is -2.29. The number of rotatable bonds is 8. The summed E-state index contributed by atoms with van der Waals surface area (Å²) < 4.78 is 0. The zero-order valence-corrected chi connectivity index (χ0v) is 17.7. The summed E-state index contributed by atoms with van der Waals surface area (Å²) in [6.07, 6.45) is 4.69. The Kier molecular flexibility index (Phi) is 6.55. The molecule has 0 atom stereocenters. The van der Waals surface area contributed by atoms with Crippen LogP contribution in [0.2, 0.25) is 0 Å². The molecule has 4 rings (SSSR count). The van der Waals surface area contributed by atoms with Crippen LogP contribution in [0.4, 0.5) is 0 Å². The van der Waals surface area contributed by atoms with E-state index in [1.807, 2.05) is 0 Å². The molecule has 0 aliphatic rings. The van der Waals surface area contributed by atoms with E-state index >= 15 is 0 Å². The zero-order chi connectivity index (χ0) is 19.8. The van der Waals surface area contributed by atoms with Crippen molar-refractivity contribution in [2.24, 2.45) is 0 Å². The Morgan fingerprint density at radius 1 is 0.310 bits per heavy atom. The van der Waals surface area contributed by atoms with Crippen LogP contribution in [0.3, 0.4) is 0 Å². The highest BCUT2D eigenvalue weighted by Gasteiger charge is 2.38. The van der Waals surface area contributed by atoms with Crippen LogP contribution in [0.5, 0.6) is 0 Å². The number of benzene rings is 4. The maximum Gasteiger partial charge on any atom is 0.0852 e. The van der Waals surface area contributed by atoms with Gasteiger partial charge >= 0.3 is 0 Å². The van der Waals surface area contributed by atoms with Crippen molar-refractivity contribution in [3.8, 4) is 0 Å².